The number of benzene rings is 2. The number of piperazine rings is 1. The molecule has 1 fully saturated rings. The summed E-state index contributed by atoms with van der Waals surface area (Å²) in [5.74, 6) is -0.395. The first kappa shape index (κ1) is 18.8. The lowest BCUT2D eigenvalue weighted by molar-refractivity contribution is -0.134. The average molecular weight is 366 g/mol. The number of carbonyl (C=O) groups excluding carboxylic acids is 2. The van der Waals surface area contributed by atoms with Gasteiger partial charge in [0, 0.05) is 57.3 Å². The maximum absolute atomic E-state index is 12.4. The fourth-order valence-electron chi connectivity index (χ4n) is 3.15. The zero-order valence-corrected chi connectivity index (χ0v) is 15.9. The number of rotatable bonds is 5. The van der Waals surface area contributed by atoms with Gasteiger partial charge in [-0.25, -0.2) is 0 Å². The third-order valence-corrected chi connectivity index (χ3v) is 4.73. The molecule has 2 aromatic carbocycles. The van der Waals surface area contributed by atoms with E-state index in [-0.39, 0.29) is 18.2 Å². The lowest BCUT2D eigenvalue weighted by atomic mass is 10.2. The number of amides is 2. The van der Waals surface area contributed by atoms with Crippen molar-refractivity contribution in [2.45, 2.75) is 6.42 Å². The maximum atomic E-state index is 12.4. The molecule has 1 aliphatic heterocycles. The first-order valence-electron chi connectivity index (χ1n) is 9.18. The van der Waals surface area contributed by atoms with E-state index in [2.05, 4.69) is 22.3 Å². The van der Waals surface area contributed by atoms with Gasteiger partial charge in [-0.2, -0.15) is 0 Å². The van der Waals surface area contributed by atoms with Crippen molar-refractivity contribution in [1.29, 1.82) is 0 Å². The number of anilines is 3. The van der Waals surface area contributed by atoms with E-state index in [1.54, 1.807) is 4.90 Å². The Bertz CT molecular complexity index is 767. The highest BCUT2D eigenvalue weighted by Gasteiger charge is 2.22. The van der Waals surface area contributed by atoms with Crippen LogP contribution in [0.4, 0.5) is 17.1 Å². The molecule has 1 N–H and O–H groups in total. The van der Waals surface area contributed by atoms with E-state index in [4.69, 9.17) is 0 Å². The molecule has 6 heteroatoms. The van der Waals surface area contributed by atoms with Gasteiger partial charge in [0.15, 0.2) is 0 Å². The summed E-state index contributed by atoms with van der Waals surface area (Å²) >= 11 is 0. The molecule has 1 heterocycles. The van der Waals surface area contributed by atoms with Crippen molar-refractivity contribution in [2.24, 2.45) is 0 Å². The lowest BCUT2D eigenvalue weighted by Gasteiger charge is -2.36. The average Bonchev–Trinajstić information content (AvgIpc) is 2.69. The Morgan fingerprint density at radius 1 is 0.926 bits per heavy atom. The number of hydrogen-bond donors (Lipinski definition) is 1. The van der Waals surface area contributed by atoms with E-state index < -0.39 is 0 Å². The van der Waals surface area contributed by atoms with Gasteiger partial charge < -0.3 is 20.0 Å². The molecule has 2 aromatic rings. The highest BCUT2D eigenvalue weighted by atomic mass is 16.2. The summed E-state index contributed by atoms with van der Waals surface area (Å²) in [6.45, 7) is 2.84. The summed E-state index contributed by atoms with van der Waals surface area (Å²) in [5.41, 5.74) is 2.93. The third kappa shape index (κ3) is 5.00. The summed E-state index contributed by atoms with van der Waals surface area (Å²) in [6, 6.07) is 17.7. The number of nitrogens with one attached hydrogen (secondary N) is 1. The van der Waals surface area contributed by atoms with E-state index in [1.165, 1.54) is 5.69 Å². The van der Waals surface area contributed by atoms with Crippen LogP contribution in [0.3, 0.4) is 0 Å². The molecular weight excluding hydrogens is 340 g/mol. The van der Waals surface area contributed by atoms with Crippen LogP contribution in [-0.2, 0) is 9.59 Å². The zero-order valence-electron chi connectivity index (χ0n) is 15.9. The van der Waals surface area contributed by atoms with Crippen molar-refractivity contribution in [1.82, 2.24) is 4.90 Å². The largest absolute Gasteiger partial charge is 0.378 e. The first-order chi connectivity index (χ1) is 13.0. The maximum Gasteiger partial charge on any atom is 0.233 e. The number of hydrogen-bond acceptors (Lipinski definition) is 4. The Kier molecular flexibility index (Phi) is 5.96. The summed E-state index contributed by atoms with van der Waals surface area (Å²) in [7, 11) is 3.92. The number of carbonyl (C=O) groups is 2. The van der Waals surface area contributed by atoms with Gasteiger partial charge in [-0.1, -0.05) is 18.2 Å². The van der Waals surface area contributed by atoms with Crippen LogP contribution in [0.1, 0.15) is 6.42 Å². The quantitative estimate of drug-likeness (QED) is 0.826. The SMILES string of the molecule is CN(C)c1ccc(NC(=O)CC(=O)N2CCN(c3ccccc3)CC2)cc1. The van der Waals surface area contributed by atoms with Gasteiger partial charge in [-0.15, -0.1) is 0 Å². The third-order valence-electron chi connectivity index (χ3n) is 4.73. The molecule has 1 aliphatic rings. The van der Waals surface area contributed by atoms with E-state index >= 15 is 0 Å². The van der Waals surface area contributed by atoms with Crippen LogP contribution < -0.4 is 15.1 Å². The normalized spacial score (nSPS) is 14.0. The molecule has 1 saturated heterocycles. The predicted molar refractivity (Wildman–Crippen MR) is 109 cm³/mol. The highest BCUT2D eigenvalue weighted by molar-refractivity contribution is 6.03. The van der Waals surface area contributed by atoms with Gasteiger partial charge in [0.25, 0.3) is 0 Å². The van der Waals surface area contributed by atoms with Crippen molar-refractivity contribution < 1.29 is 9.59 Å². The minimum Gasteiger partial charge on any atom is -0.378 e. The Hall–Kier alpha value is -3.02. The molecule has 0 spiro atoms. The standard InChI is InChI=1S/C21H26N4O2/c1-23(2)18-10-8-17(9-11-18)22-20(26)16-21(27)25-14-12-24(13-15-25)19-6-4-3-5-7-19/h3-11H,12-16H2,1-2H3,(H,22,26). The van der Waals surface area contributed by atoms with E-state index in [9.17, 15) is 9.59 Å². The van der Waals surface area contributed by atoms with Crippen LogP contribution in [-0.4, -0.2) is 57.0 Å². The molecule has 0 aliphatic carbocycles. The molecule has 0 unspecified atom stereocenters. The Labute approximate surface area is 160 Å². The summed E-state index contributed by atoms with van der Waals surface area (Å²) < 4.78 is 0. The fraction of sp³-hybridized carbons (Fsp3) is 0.333. The second-order valence-corrected chi connectivity index (χ2v) is 6.87. The Morgan fingerprint density at radius 2 is 1.56 bits per heavy atom. The van der Waals surface area contributed by atoms with Gasteiger partial charge in [0.2, 0.25) is 11.8 Å². The summed E-state index contributed by atoms with van der Waals surface area (Å²) in [4.78, 5) is 30.6. The molecule has 3 rings (SSSR count). The number of para-hydroxylation sites is 1. The second kappa shape index (κ2) is 8.58. The highest BCUT2D eigenvalue weighted by Crippen LogP contribution is 2.17. The van der Waals surface area contributed by atoms with Gasteiger partial charge in [0.1, 0.15) is 6.42 Å². The van der Waals surface area contributed by atoms with Crippen LogP contribution in [0.25, 0.3) is 0 Å². The summed E-state index contributed by atoms with van der Waals surface area (Å²) in [5, 5.41) is 2.80. The van der Waals surface area contributed by atoms with Crippen LogP contribution in [0.5, 0.6) is 0 Å². The molecule has 142 valence electrons. The minimum absolute atomic E-state index is 0.120. The van der Waals surface area contributed by atoms with Gasteiger partial charge >= 0.3 is 0 Å². The van der Waals surface area contributed by atoms with Crippen LogP contribution >= 0.6 is 0 Å². The molecule has 0 atom stereocenters. The van der Waals surface area contributed by atoms with Crippen LogP contribution in [0.15, 0.2) is 54.6 Å². The fourth-order valence-corrected chi connectivity index (χ4v) is 3.15. The van der Waals surface area contributed by atoms with E-state index in [0.29, 0.717) is 18.8 Å². The minimum atomic E-state index is -0.275. The molecule has 27 heavy (non-hydrogen) atoms. The van der Waals surface area contributed by atoms with Crippen molar-refractivity contribution >= 4 is 28.9 Å². The van der Waals surface area contributed by atoms with Crippen LogP contribution in [0.2, 0.25) is 0 Å². The van der Waals surface area contributed by atoms with Gasteiger partial charge in [-0.3, -0.25) is 9.59 Å². The first-order valence-corrected chi connectivity index (χ1v) is 9.18. The molecule has 0 aromatic heterocycles. The summed E-state index contributed by atoms with van der Waals surface area (Å²) in [6.07, 6.45) is -0.124. The lowest BCUT2D eigenvalue weighted by Crippen LogP contribution is -2.49. The van der Waals surface area contributed by atoms with Gasteiger partial charge in [0.05, 0.1) is 0 Å². The van der Waals surface area contributed by atoms with E-state index in [0.717, 1.165) is 18.8 Å². The second-order valence-electron chi connectivity index (χ2n) is 6.87. The Morgan fingerprint density at radius 3 is 2.15 bits per heavy atom. The number of nitrogens with zero attached hydrogens (tertiary/aromatic N) is 3. The molecule has 2 amide bonds. The topological polar surface area (TPSA) is 55.9 Å². The van der Waals surface area contributed by atoms with Crippen molar-refractivity contribution in [3.63, 3.8) is 0 Å². The van der Waals surface area contributed by atoms with Crippen LogP contribution in [0, 0.1) is 0 Å². The predicted octanol–water partition coefficient (Wildman–Crippen LogP) is 2.43. The van der Waals surface area contributed by atoms with Crippen molar-refractivity contribution in [3.8, 4) is 0 Å². The monoisotopic (exact) mass is 366 g/mol. The Balaban J connectivity index is 1.47. The molecule has 0 bridgehead atoms. The molecule has 6 nitrogen and oxygen atoms in total. The smallest absolute Gasteiger partial charge is 0.233 e. The van der Waals surface area contributed by atoms with Gasteiger partial charge in [-0.05, 0) is 36.4 Å². The molecular formula is C21H26N4O2. The molecule has 0 radical (unpaired) electrons. The van der Waals surface area contributed by atoms with E-state index in [1.807, 2.05) is 61.5 Å². The zero-order chi connectivity index (χ0) is 19.2. The van der Waals surface area contributed by atoms with Crippen molar-refractivity contribution in [3.05, 3.63) is 54.6 Å². The van der Waals surface area contributed by atoms with Crippen molar-refractivity contribution in [2.75, 3.05) is 55.4 Å². The molecule has 0 saturated carbocycles.